The minimum absolute atomic E-state index is 0.313. The van der Waals surface area contributed by atoms with Crippen molar-refractivity contribution in [1.82, 2.24) is 0 Å². The van der Waals surface area contributed by atoms with Gasteiger partial charge in [-0.25, -0.2) is 4.79 Å². The van der Waals surface area contributed by atoms with Crippen LogP contribution in [-0.2, 0) is 16.0 Å². The van der Waals surface area contributed by atoms with Crippen LogP contribution >= 0.6 is 0 Å². The van der Waals surface area contributed by atoms with Gasteiger partial charge in [0.1, 0.15) is 23.9 Å². The van der Waals surface area contributed by atoms with Gasteiger partial charge in [-0.15, -0.1) is 0 Å². The van der Waals surface area contributed by atoms with Crippen molar-refractivity contribution in [3.8, 4) is 29.1 Å². The van der Waals surface area contributed by atoms with Gasteiger partial charge in [-0.2, -0.15) is 0 Å². The summed E-state index contributed by atoms with van der Waals surface area (Å²) in [6, 6.07) is 12.8. The van der Waals surface area contributed by atoms with E-state index >= 15 is 0 Å². The molecule has 0 spiro atoms. The van der Waals surface area contributed by atoms with E-state index in [1.165, 1.54) is 0 Å². The number of carbonyl (C=O) groups is 1. The number of aliphatic carboxylic acids is 1. The Morgan fingerprint density at radius 1 is 1.06 bits per heavy atom. The average Bonchev–Trinajstić information content (AvgIpc) is 2.78. The maximum atomic E-state index is 11.2. The van der Waals surface area contributed by atoms with Gasteiger partial charge in [0.05, 0.1) is 14.2 Å². The molecule has 31 heavy (non-hydrogen) atoms. The van der Waals surface area contributed by atoms with E-state index in [0.29, 0.717) is 36.9 Å². The van der Waals surface area contributed by atoms with Crippen LogP contribution in [0.4, 0.5) is 0 Å². The molecule has 0 aliphatic carbocycles. The van der Waals surface area contributed by atoms with E-state index in [9.17, 15) is 9.90 Å². The fourth-order valence-corrected chi connectivity index (χ4v) is 2.72. The van der Waals surface area contributed by atoms with Crippen molar-refractivity contribution in [3.63, 3.8) is 0 Å². The van der Waals surface area contributed by atoms with Gasteiger partial charge in [0.25, 0.3) is 0 Å². The van der Waals surface area contributed by atoms with Gasteiger partial charge < -0.3 is 24.1 Å². The Kier molecular flexibility index (Phi) is 9.47. The van der Waals surface area contributed by atoms with Crippen LogP contribution in [0.25, 0.3) is 0 Å². The number of allylic oxidation sites excluding steroid dienone is 1. The monoisotopic (exact) mass is 424 g/mol. The first kappa shape index (κ1) is 23.8. The number of rotatable bonds is 10. The average molecular weight is 424 g/mol. The smallest absolute Gasteiger partial charge is 0.333 e. The van der Waals surface area contributed by atoms with E-state index in [4.69, 9.17) is 18.9 Å². The third-order valence-corrected chi connectivity index (χ3v) is 4.38. The van der Waals surface area contributed by atoms with E-state index < -0.39 is 12.1 Å². The highest BCUT2D eigenvalue weighted by atomic mass is 16.5. The number of hydrogen-bond donors (Lipinski definition) is 1. The van der Waals surface area contributed by atoms with Gasteiger partial charge in [0.15, 0.2) is 6.10 Å². The second-order valence-electron chi connectivity index (χ2n) is 6.68. The Bertz CT molecular complexity index is 928. The largest absolute Gasteiger partial charge is 0.497 e. The first-order valence-corrected chi connectivity index (χ1v) is 9.93. The zero-order chi connectivity index (χ0) is 22.6. The lowest BCUT2D eigenvalue weighted by Gasteiger charge is -2.12. The Morgan fingerprint density at radius 2 is 1.71 bits per heavy atom. The van der Waals surface area contributed by atoms with Crippen molar-refractivity contribution in [3.05, 3.63) is 65.2 Å². The highest BCUT2D eigenvalue weighted by molar-refractivity contribution is 5.72. The van der Waals surface area contributed by atoms with Crippen LogP contribution in [0, 0.1) is 11.8 Å². The summed E-state index contributed by atoms with van der Waals surface area (Å²) in [6.07, 6.45) is 1.37. The molecule has 6 heteroatoms. The summed E-state index contributed by atoms with van der Waals surface area (Å²) in [4.78, 5) is 11.2. The van der Waals surface area contributed by atoms with Gasteiger partial charge in [-0.05, 0) is 55.3 Å². The zero-order valence-electron chi connectivity index (χ0n) is 18.3. The molecule has 164 valence electrons. The van der Waals surface area contributed by atoms with E-state index in [-0.39, 0.29) is 0 Å². The van der Waals surface area contributed by atoms with Crippen LogP contribution in [-0.4, -0.2) is 44.6 Å². The fraction of sp³-hybridized carbons (Fsp3) is 0.320. The lowest BCUT2D eigenvalue weighted by atomic mass is 10.1. The molecule has 0 aromatic heterocycles. The van der Waals surface area contributed by atoms with E-state index in [0.717, 1.165) is 16.7 Å². The predicted octanol–water partition coefficient (Wildman–Crippen LogP) is 4.11. The number of carboxylic acids is 1. The van der Waals surface area contributed by atoms with Crippen molar-refractivity contribution in [1.29, 1.82) is 0 Å². The molecule has 2 aromatic carbocycles. The van der Waals surface area contributed by atoms with Gasteiger partial charge >= 0.3 is 5.97 Å². The summed E-state index contributed by atoms with van der Waals surface area (Å²) < 4.78 is 21.5. The molecule has 0 radical (unpaired) electrons. The normalized spacial score (nSPS) is 11.8. The summed E-state index contributed by atoms with van der Waals surface area (Å²) in [7, 11) is 3.20. The van der Waals surface area contributed by atoms with Gasteiger partial charge in [-0.1, -0.05) is 24.0 Å². The van der Waals surface area contributed by atoms with Crippen LogP contribution in [0.15, 0.2) is 54.1 Å². The molecule has 2 rings (SSSR count). The summed E-state index contributed by atoms with van der Waals surface area (Å²) in [5, 5.41) is 9.18. The maximum absolute atomic E-state index is 11.2. The van der Waals surface area contributed by atoms with E-state index in [2.05, 4.69) is 11.8 Å². The molecule has 0 saturated carbocycles. The van der Waals surface area contributed by atoms with E-state index in [1.807, 2.05) is 49.4 Å². The molecule has 1 unspecified atom stereocenters. The molecule has 0 aliphatic rings. The van der Waals surface area contributed by atoms with Crippen LogP contribution < -0.4 is 14.2 Å². The quantitative estimate of drug-likeness (QED) is 0.579. The van der Waals surface area contributed by atoms with Crippen LogP contribution in [0.5, 0.6) is 17.2 Å². The highest BCUT2D eigenvalue weighted by Crippen LogP contribution is 2.22. The number of benzene rings is 2. The lowest BCUT2D eigenvalue weighted by Crippen LogP contribution is -2.26. The van der Waals surface area contributed by atoms with Crippen molar-refractivity contribution in [2.24, 2.45) is 0 Å². The third-order valence-electron chi connectivity index (χ3n) is 4.38. The molecule has 6 nitrogen and oxygen atoms in total. The number of ether oxygens (including phenoxy) is 4. The summed E-state index contributed by atoms with van der Waals surface area (Å²) in [6.45, 7) is 4.42. The first-order valence-electron chi connectivity index (χ1n) is 9.93. The SMILES string of the molecule is CCOC(Cc1ccc(OC/C=C(/C)C#Cc2cc(OC)cc(OC)c2)cc1)C(=O)O. The zero-order valence-corrected chi connectivity index (χ0v) is 18.3. The lowest BCUT2D eigenvalue weighted by molar-refractivity contribution is -0.149. The van der Waals surface area contributed by atoms with Crippen molar-refractivity contribution < 1.29 is 28.8 Å². The van der Waals surface area contributed by atoms with Crippen LogP contribution in [0.1, 0.15) is 25.0 Å². The van der Waals surface area contributed by atoms with Gasteiger partial charge in [-0.3, -0.25) is 0 Å². The minimum Gasteiger partial charge on any atom is -0.497 e. The third kappa shape index (κ3) is 8.07. The molecular formula is C25H28O6. The fourth-order valence-electron chi connectivity index (χ4n) is 2.72. The van der Waals surface area contributed by atoms with Gasteiger partial charge in [0, 0.05) is 24.7 Å². The molecule has 0 bridgehead atoms. The Hall–Kier alpha value is -3.43. The minimum atomic E-state index is -0.962. The van der Waals surface area contributed by atoms with Crippen molar-refractivity contribution in [2.75, 3.05) is 27.4 Å². The maximum Gasteiger partial charge on any atom is 0.333 e. The molecule has 0 fully saturated rings. The second kappa shape index (κ2) is 12.3. The standard InChI is InChI=1S/C25H28O6/c1-5-30-24(25(26)27)16-19-8-10-21(11-9-19)31-13-12-18(2)6-7-20-14-22(28-3)17-23(15-20)29-4/h8-12,14-15,17,24H,5,13,16H2,1-4H3,(H,26,27)/b18-12-. The number of carboxylic acid groups (broad SMARTS) is 1. The molecule has 1 N–H and O–H groups in total. The topological polar surface area (TPSA) is 74.2 Å². The molecule has 0 saturated heterocycles. The summed E-state index contributed by atoms with van der Waals surface area (Å²) in [5.41, 5.74) is 2.55. The summed E-state index contributed by atoms with van der Waals surface area (Å²) >= 11 is 0. The van der Waals surface area contributed by atoms with Crippen molar-refractivity contribution in [2.45, 2.75) is 26.4 Å². The van der Waals surface area contributed by atoms with Crippen LogP contribution in [0.3, 0.4) is 0 Å². The molecule has 0 amide bonds. The first-order chi connectivity index (χ1) is 14.9. The molecule has 0 heterocycles. The molecule has 1 atom stereocenters. The molecule has 0 aliphatic heterocycles. The Balaban J connectivity index is 1.93. The second-order valence-corrected chi connectivity index (χ2v) is 6.68. The summed E-state index contributed by atoms with van der Waals surface area (Å²) in [5.74, 6) is 7.30. The van der Waals surface area contributed by atoms with Crippen LogP contribution in [0.2, 0.25) is 0 Å². The highest BCUT2D eigenvalue weighted by Gasteiger charge is 2.17. The Labute approximate surface area is 183 Å². The number of hydrogen-bond acceptors (Lipinski definition) is 5. The number of methoxy groups -OCH3 is 2. The van der Waals surface area contributed by atoms with Crippen molar-refractivity contribution >= 4 is 5.97 Å². The predicted molar refractivity (Wildman–Crippen MR) is 119 cm³/mol. The van der Waals surface area contributed by atoms with Gasteiger partial charge in [0.2, 0.25) is 0 Å². The molecule has 2 aromatic rings. The Morgan fingerprint density at radius 3 is 2.26 bits per heavy atom. The molecular weight excluding hydrogens is 396 g/mol. The van der Waals surface area contributed by atoms with E-state index in [1.54, 1.807) is 27.2 Å².